The highest BCUT2D eigenvalue weighted by Gasteiger charge is 2.44. The van der Waals surface area contributed by atoms with Crippen LogP contribution < -0.4 is 0 Å². The van der Waals surface area contributed by atoms with Gasteiger partial charge in [0.15, 0.2) is 16.6 Å². The second-order valence-electron chi connectivity index (χ2n) is 11.0. The number of hydrogen-bond donors (Lipinski definition) is 0. The fourth-order valence-corrected chi connectivity index (χ4v) is 5.08. The third kappa shape index (κ3) is 6.03. The second kappa shape index (κ2) is 7.90. The lowest BCUT2D eigenvalue weighted by Gasteiger charge is -2.43. The first-order chi connectivity index (χ1) is 11.1. The van der Waals surface area contributed by atoms with Gasteiger partial charge in [-0.25, -0.2) is 0 Å². The zero-order valence-electron chi connectivity index (χ0n) is 18.3. The minimum absolute atomic E-state index is 0.119. The summed E-state index contributed by atoms with van der Waals surface area (Å²) in [6.45, 7) is 24.9. The zero-order valence-corrected chi connectivity index (χ0v) is 21.9. The normalized spacial score (nSPS) is 19.2. The molecule has 0 fully saturated rings. The summed E-state index contributed by atoms with van der Waals surface area (Å²) in [6.07, 6.45) is 4.58. The number of allylic oxidation sites excluding steroid dienone is 2. The molecule has 0 unspecified atom stereocenters. The van der Waals surface area contributed by atoms with Crippen LogP contribution in [0, 0.1) is 5.41 Å². The van der Waals surface area contributed by atoms with Gasteiger partial charge in [0.2, 0.25) is 0 Å². The van der Waals surface area contributed by atoms with Crippen molar-refractivity contribution in [3.63, 3.8) is 0 Å². The van der Waals surface area contributed by atoms with Gasteiger partial charge in [-0.05, 0) is 49.1 Å². The van der Waals surface area contributed by atoms with Crippen LogP contribution in [0.5, 0.6) is 0 Å². The van der Waals surface area contributed by atoms with E-state index in [1.165, 1.54) is 5.57 Å². The Kier molecular flexibility index (Phi) is 7.46. The highest BCUT2D eigenvalue weighted by Crippen LogP contribution is 2.44. The van der Waals surface area contributed by atoms with E-state index >= 15 is 0 Å². The van der Waals surface area contributed by atoms with Gasteiger partial charge in [-0.3, -0.25) is 0 Å². The fraction of sp³-hybridized carbons (Fsp3) is 0.900. The Morgan fingerprint density at radius 2 is 1.32 bits per heavy atom. The topological polar surface area (TPSA) is 18.5 Å². The van der Waals surface area contributed by atoms with E-state index in [9.17, 15) is 0 Å². The molecule has 0 saturated heterocycles. The Morgan fingerprint density at radius 1 is 0.920 bits per heavy atom. The van der Waals surface area contributed by atoms with Crippen LogP contribution in [0.1, 0.15) is 54.4 Å². The first kappa shape index (κ1) is 23.6. The molecular formula is C20H41BrO2Si2. The van der Waals surface area contributed by atoms with E-state index in [2.05, 4.69) is 89.7 Å². The van der Waals surface area contributed by atoms with Gasteiger partial charge in [-0.1, -0.05) is 69.1 Å². The van der Waals surface area contributed by atoms with Crippen molar-refractivity contribution in [2.45, 2.75) is 90.6 Å². The lowest BCUT2D eigenvalue weighted by molar-refractivity contribution is 0.0739. The van der Waals surface area contributed by atoms with Gasteiger partial charge >= 0.3 is 0 Å². The summed E-state index contributed by atoms with van der Waals surface area (Å²) in [6, 6.07) is 0. The zero-order chi connectivity index (χ0) is 19.7. The standard InChI is InChI=1S/C20H41BrO2Si2/c1-18(2,3)24(7,8)22-15-20(12-11-17(13-20)14-21)16-23-25(9,10)19(4,5)6/h11H,12-16H2,1-10H3. The Morgan fingerprint density at radius 3 is 1.60 bits per heavy atom. The molecule has 1 rings (SSSR count). The van der Waals surface area contributed by atoms with Crippen molar-refractivity contribution in [1.29, 1.82) is 0 Å². The largest absolute Gasteiger partial charge is 0.416 e. The van der Waals surface area contributed by atoms with Gasteiger partial charge in [0, 0.05) is 24.0 Å². The molecule has 0 aliphatic heterocycles. The fourth-order valence-electron chi connectivity index (χ4n) is 2.45. The van der Waals surface area contributed by atoms with Crippen molar-refractivity contribution in [1.82, 2.24) is 0 Å². The highest BCUT2D eigenvalue weighted by atomic mass is 79.9. The molecule has 148 valence electrons. The van der Waals surface area contributed by atoms with E-state index in [4.69, 9.17) is 8.85 Å². The summed E-state index contributed by atoms with van der Waals surface area (Å²) >= 11 is 3.64. The maximum Gasteiger partial charge on any atom is 0.192 e. The molecule has 1 aliphatic carbocycles. The number of hydrogen-bond acceptors (Lipinski definition) is 2. The smallest absolute Gasteiger partial charge is 0.192 e. The predicted molar refractivity (Wildman–Crippen MR) is 120 cm³/mol. The predicted octanol–water partition coefficient (Wildman–Crippen LogP) is 7.13. The SMILES string of the molecule is CC(C)(C)[Si](C)(C)OCC1(CO[Si](C)(C)C(C)(C)C)CC=C(CBr)C1. The van der Waals surface area contributed by atoms with Crippen molar-refractivity contribution < 1.29 is 8.85 Å². The summed E-state index contributed by atoms with van der Waals surface area (Å²) in [5, 5.41) is 1.46. The maximum atomic E-state index is 6.65. The number of halogens is 1. The first-order valence-electron chi connectivity index (χ1n) is 9.57. The summed E-state index contributed by atoms with van der Waals surface area (Å²) in [4.78, 5) is 0. The lowest BCUT2D eigenvalue weighted by Crippen LogP contribution is -2.47. The molecule has 0 heterocycles. The van der Waals surface area contributed by atoms with Crippen molar-refractivity contribution >= 4 is 32.6 Å². The van der Waals surface area contributed by atoms with E-state index in [-0.39, 0.29) is 15.5 Å². The van der Waals surface area contributed by atoms with Gasteiger partial charge in [0.1, 0.15) is 0 Å². The van der Waals surface area contributed by atoms with Crippen LogP contribution in [0.2, 0.25) is 36.3 Å². The van der Waals surface area contributed by atoms with E-state index in [0.29, 0.717) is 0 Å². The van der Waals surface area contributed by atoms with Crippen LogP contribution >= 0.6 is 15.9 Å². The molecule has 0 spiro atoms. The Labute approximate surface area is 167 Å². The monoisotopic (exact) mass is 448 g/mol. The summed E-state index contributed by atoms with van der Waals surface area (Å²) < 4.78 is 13.3. The molecular weight excluding hydrogens is 408 g/mol. The van der Waals surface area contributed by atoms with E-state index in [1.807, 2.05) is 0 Å². The molecule has 0 N–H and O–H groups in total. The molecule has 0 amide bonds. The summed E-state index contributed by atoms with van der Waals surface area (Å²) in [5.41, 5.74) is 1.62. The molecule has 2 nitrogen and oxygen atoms in total. The van der Waals surface area contributed by atoms with Crippen LogP contribution in [0.4, 0.5) is 0 Å². The molecule has 0 radical (unpaired) electrons. The Balaban J connectivity index is 2.87. The average molecular weight is 450 g/mol. The van der Waals surface area contributed by atoms with Crippen molar-refractivity contribution in [2.75, 3.05) is 18.5 Å². The van der Waals surface area contributed by atoms with Crippen LogP contribution in [-0.2, 0) is 8.85 Å². The summed E-state index contributed by atoms with van der Waals surface area (Å²) in [7, 11) is -3.48. The first-order valence-corrected chi connectivity index (χ1v) is 16.5. The van der Waals surface area contributed by atoms with E-state index < -0.39 is 16.6 Å². The van der Waals surface area contributed by atoms with Crippen LogP contribution in [0.3, 0.4) is 0 Å². The highest BCUT2D eigenvalue weighted by molar-refractivity contribution is 9.09. The minimum atomic E-state index is -1.74. The maximum absolute atomic E-state index is 6.65. The van der Waals surface area contributed by atoms with Gasteiger partial charge < -0.3 is 8.85 Å². The van der Waals surface area contributed by atoms with Gasteiger partial charge in [-0.2, -0.15) is 0 Å². The molecule has 25 heavy (non-hydrogen) atoms. The van der Waals surface area contributed by atoms with Gasteiger partial charge in [-0.15, -0.1) is 0 Å². The molecule has 0 aromatic carbocycles. The molecule has 0 aromatic heterocycles. The van der Waals surface area contributed by atoms with Gasteiger partial charge in [0.05, 0.1) is 0 Å². The van der Waals surface area contributed by atoms with Crippen LogP contribution in [-0.4, -0.2) is 35.2 Å². The Hall–Kier alpha value is 0.574. The molecule has 0 saturated carbocycles. The molecule has 0 bridgehead atoms. The minimum Gasteiger partial charge on any atom is -0.416 e. The summed E-state index contributed by atoms with van der Waals surface area (Å²) in [5.74, 6) is 0. The molecule has 1 aliphatic rings. The third-order valence-electron chi connectivity index (χ3n) is 6.69. The number of alkyl halides is 1. The quantitative estimate of drug-likeness (QED) is 0.234. The van der Waals surface area contributed by atoms with Crippen LogP contribution in [0.15, 0.2) is 11.6 Å². The van der Waals surface area contributed by atoms with E-state index in [1.54, 1.807) is 0 Å². The van der Waals surface area contributed by atoms with Crippen LogP contribution in [0.25, 0.3) is 0 Å². The average Bonchev–Trinajstić information content (AvgIpc) is 2.85. The molecule has 0 aromatic rings. The third-order valence-corrected chi connectivity index (χ3v) is 16.4. The second-order valence-corrected chi connectivity index (χ2v) is 21.2. The lowest BCUT2D eigenvalue weighted by atomic mass is 9.86. The van der Waals surface area contributed by atoms with Gasteiger partial charge in [0.25, 0.3) is 0 Å². The van der Waals surface area contributed by atoms with Crippen molar-refractivity contribution in [3.8, 4) is 0 Å². The molecule has 5 heteroatoms. The van der Waals surface area contributed by atoms with Crippen molar-refractivity contribution in [3.05, 3.63) is 11.6 Å². The molecule has 0 atom stereocenters. The Bertz CT molecular complexity index is 455. The van der Waals surface area contributed by atoms with E-state index in [0.717, 1.165) is 31.4 Å². The number of rotatable bonds is 7. The van der Waals surface area contributed by atoms with Crippen molar-refractivity contribution in [2.24, 2.45) is 5.41 Å².